The highest BCUT2D eigenvalue weighted by Crippen LogP contribution is 2.29. The maximum absolute atomic E-state index is 12.9. The minimum atomic E-state index is -0.853. The van der Waals surface area contributed by atoms with Crippen molar-refractivity contribution in [2.24, 2.45) is 0 Å². The average Bonchev–Trinajstić information content (AvgIpc) is 2.83. The molecule has 1 N–H and O–H groups in total. The van der Waals surface area contributed by atoms with Crippen molar-refractivity contribution in [2.45, 2.75) is 37.7 Å². The van der Waals surface area contributed by atoms with Crippen molar-refractivity contribution in [2.75, 3.05) is 38.2 Å². The Labute approximate surface area is 184 Å². The second-order valence-corrected chi connectivity index (χ2v) is 8.37. The van der Waals surface area contributed by atoms with E-state index in [2.05, 4.69) is 22.8 Å². The zero-order valence-electron chi connectivity index (χ0n) is 18.1. The summed E-state index contributed by atoms with van der Waals surface area (Å²) in [5.74, 6) is 7.05. The highest BCUT2D eigenvalue weighted by molar-refractivity contribution is 5.94. The van der Waals surface area contributed by atoms with Crippen molar-refractivity contribution in [1.82, 2.24) is 4.90 Å². The van der Waals surface area contributed by atoms with Gasteiger partial charge in [-0.3, -0.25) is 4.79 Å². The number of methoxy groups -OCH3 is 1. The summed E-state index contributed by atoms with van der Waals surface area (Å²) < 4.78 is 5.47. The van der Waals surface area contributed by atoms with Crippen LogP contribution in [0, 0.1) is 11.8 Å². The number of anilines is 1. The third-order valence-corrected chi connectivity index (χ3v) is 6.24. The van der Waals surface area contributed by atoms with E-state index in [0.717, 1.165) is 55.8 Å². The third kappa shape index (κ3) is 5.03. The lowest BCUT2D eigenvalue weighted by Crippen LogP contribution is -2.48. The summed E-state index contributed by atoms with van der Waals surface area (Å²) in [5, 5.41) is 10.5. The van der Waals surface area contributed by atoms with Crippen molar-refractivity contribution >= 4 is 11.6 Å². The Bertz CT molecular complexity index is 960. The smallest absolute Gasteiger partial charge is 0.253 e. The van der Waals surface area contributed by atoms with E-state index < -0.39 is 5.60 Å². The van der Waals surface area contributed by atoms with Gasteiger partial charge in [-0.25, -0.2) is 0 Å². The van der Waals surface area contributed by atoms with Crippen molar-refractivity contribution < 1.29 is 14.6 Å². The molecule has 2 aromatic rings. The van der Waals surface area contributed by atoms with Crippen molar-refractivity contribution in [1.29, 1.82) is 0 Å². The van der Waals surface area contributed by atoms with E-state index in [4.69, 9.17) is 4.74 Å². The molecule has 4 rings (SSSR count). The first kappa shape index (κ1) is 21.3. The lowest BCUT2D eigenvalue weighted by molar-refractivity contribution is 0.0610. The van der Waals surface area contributed by atoms with Crippen LogP contribution in [0.25, 0.3) is 0 Å². The van der Waals surface area contributed by atoms with Crippen LogP contribution in [0.2, 0.25) is 0 Å². The Morgan fingerprint density at radius 2 is 1.65 bits per heavy atom. The minimum Gasteiger partial charge on any atom is -0.495 e. The molecule has 1 aliphatic heterocycles. The van der Waals surface area contributed by atoms with Gasteiger partial charge in [-0.2, -0.15) is 0 Å². The van der Waals surface area contributed by atoms with Crippen LogP contribution in [0.5, 0.6) is 5.75 Å². The number of nitrogens with zero attached hydrogens (tertiary/aromatic N) is 2. The average molecular weight is 419 g/mol. The molecule has 5 nitrogen and oxygen atoms in total. The standard InChI is InChI=1S/C26H30N2O3/c1-31-24-8-4-3-7-23(24)27-17-19-28(20-18-27)25(29)22-11-9-21(10-12-22)13-16-26(30)14-5-2-6-15-26/h3-4,7-12,30H,2,5-6,14-15,17-20H2,1H3. The topological polar surface area (TPSA) is 53.0 Å². The molecule has 162 valence electrons. The van der Waals surface area contributed by atoms with Gasteiger partial charge in [0, 0.05) is 37.3 Å². The monoisotopic (exact) mass is 418 g/mol. The first-order valence-electron chi connectivity index (χ1n) is 11.1. The number of ether oxygens (including phenoxy) is 1. The summed E-state index contributed by atoms with van der Waals surface area (Å²) in [6.45, 7) is 2.89. The Balaban J connectivity index is 1.36. The van der Waals surface area contributed by atoms with E-state index in [1.165, 1.54) is 6.42 Å². The summed E-state index contributed by atoms with van der Waals surface area (Å²) in [6, 6.07) is 15.4. The van der Waals surface area contributed by atoms with Crippen molar-refractivity contribution in [3.63, 3.8) is 0 Å². The molecule has 31 heavy (non-hydrogen) atoms. The molecular formula is C26H30N2O3. The zero-order valence-corrected chi connectivity index (χ0v) is 18.1. The number of carbonyl (C=O) groups is 1. The summed E-state index contributed by atoms with van der Waals surface area (Å²) in [6.07, 6.45) is 4.73. The number of piperazine rings is 1. The predicted octanol–water partition coefficient (Wildman–Crippen LogP) is 3.70. The summed E-state index contributed by atoms with van der Waals surface area (Å²) >= 11 is 0. The molecular weight excluding hydrogens is 388 g/mol. The Morgan fingerprint density at radius 3 is 2.32 bits per heavy atom. The fourth-order valence-corrected chi connectivity index (χ4v) is 4.37. The molecule has 5 heteroatoms. The highest BCUT2D eigenvalue weighted by Gasteiger charge is 2.26. The lowest BCUT2D eigenvalue weighted by atomic mass is 9.85. The molecule has 1 saturated heterocycles. The molecule has 1 amide bonds. The van der Waals surface area contributed by atoms with Gasteiger partial charge in [0.25, 0.3) is 5.91 Å². The van der Waals surface area contributed by atoms with Gasteiger partial charge >= 0.3 is 0 Å². The predicted molar refractivity (Wildman–Crippen MR) is 122 cm³/mol. The van der Waals surface area contributed by atoms with Crippen LogP contribution in [0.3, 0.4) is 0 Å². The fraction of sp³-hybridized carbons (Fsp3) is 0.423. The molecule has 0 spiro atoms. The van der Waals surface area contributed by atoms with Gasteiger partial charge in [0.2, 0.25) is 0 Å². The first-order chi connectivity index (χ1) is 15.1. The molecule has 2 aromatic carbocycles. The van der Waals surface area contributed by atoms with E-state index in [9.17, 15) is 9.90 Å². The maximum atomic E-state index is 12.9. The van der Waals surface area contributed by atoms with Crippen molar-refractivity contribution in [3.05, 3.63) is 59.7 Å². The van der Waals surface area contributed by atoms with E-state index in [-0.39, 0.29) is 5.91 Å². The van der Waals surface area contributed by atoms with Gasteiger partial charge in [0.15, 0.2) is 0 Å². The van der Waals surface area contributed by atoms with Gasteiger partial charge in [-0.05, 0) is 62.1 Å². The van der Waals surface area contributed by atoms with Crippen LogP contribution >= 0.6 is 0 Å². The van der Waals surface area contributed by atoms with Gasteiger partial charge in [0.05, 0.1) is 12.8 Å². The van der Waals surface area contributed by atoms with E-state index >= 15 is 0 Å². The molecule has 1 saturated carbocycles. The van der Waals surface area contributed by atoms with Crippen LogP contribution in [0.1, 0.15) is 48.0 Å². The molecule has 0 atom stereocenters. The van der Waals surface area contributed by atoms with Gasteiger partial charge in [-0.15, -0.1) is 0 Å². The van der Waals surface area contributed by atoms with E-state index in [1.54, 1.807) is 7.11 Å². The number of rotatable bonds is 3. The largest absolute Gasteiger partial charge is 0.495 e. The fourth-order valence-electron chi connectivity index (χ4n) is 4.37. The Kier molecular flexibility index (Phi) is 6.48. The SMILES string of the molecule is COc1ccccc1N1CCN(C(=O)c2ccc(C#CC3(O)CCCCC3)cc2)CC1. The van der Waals surface area contributed by atoms with Crippen LogP contribution in [-0.4, -0.2) is 54.8 Å². The summed E-state index contributed by atoms with van der Waals surface area (Å²) in [5.41, 5.74) is 1.72. The third-order valence-electron chi connectivity index (χ3n) is 6.24. The second-order valence-electron chi connectivity index (χ2n) is 8.37. The molecule has 0 radical (unpaired) electrons. The number of carbonyl (C=O) groups excluding carboxylic acids is 1. The van der Waals surface area contributed by atoms with Gasteiger partial charge in [0.1, 0.15) is 11.4 Å². The number of amides is 1. The first-order valence-corrected chi connectivity index (χ1v) is 11.1. The van der Waals surface area contributed by atoms with Gasteiger partial charge in [-0.1, -0.05) is 30.4 Å². The van der Waals surface area contributed by atoms with Crippen LogP contribution in [0.4, 0.5) is 5.69 Å². The minimum absolute atomic E-state index is 0.0464. The maximum Gasteiger partial charge on any atom is 0.253 e. The number of hydrogen-bond donors (Lipinski definition) is 1. The number of para-hydroxylation sites is 2. The molecule has 0 bridgehead atoms. The van der Waals surface area contributed by atoms with Gasteiger partial charge < -0.3 is 19.6 Å². The molecule has 0 aromatic heterocycles. The van der Waals surface area contributed by atoms with E-state index in [1.807, 2.05) is 47.4 Å². The highest BCUT2D eigenvalue weighted by atomic mass is 16.5. The van der Waals surface area contributed by atoms with Crippen molar-refractivity contribution in [3.8, 4) is 17.6 Å². The Morgan fingerprint density at radius 1 is 0.968 bits per heavy atom. The number of aliphatic hydroxyl groups is 1. The Hall–Kier alpha value is -2.97. The van der Waals surface area contributed by atoms with Crippen LogP contribution in [0.15, 0.2) is 48.5 Å². The second kappa shape index (κ2) is 9.45. The van der Waals surface area contributed by atoms with E-state index in [0.29, 0.717) is 18.7 Å². The summed E-state index contributed by atoms with van der Waals surface area (Å²) in [7, 11) is 1.68. The normalized spacial score (nSPS) is 18.1. The molecule has 2 fully saturated rings. The number of benzene rings is 2. The molecule has 0 unspecified atom stereocenters. The number of hydrogen-bond acceptors (Lipinski definition) is 4. The van der Waals surface area contributed by atoms with Crippen LogP contribution in [-0.2, 0) is 0 Å². The van der Waals surface area contributed by atoms with Crippen LogP contribution < -0.4 is 9.64 Å². The zero-order chi connectivity index (χ0) is 21.7. The molecule has 2 aliphatic rings. The summed E-state index contributed by atoms with van der Waals surface area (Å²) in [4.78, 5) is 17.1. The molecule has 1 aliphatic carbocycles. The molecule has 1 heterocycles. The lowest BCUT2D eigenvalue weighted by Gasteiger charge is -2.36. The quantitative estimate of drug-likeness (QED) is 0.773.